The zero-order valence-corrected chi connectivity index (χ0v) is 21.1. The van der Waals surface area contributed by atoms with E-state index in [9.17, 15) is 17.6 Å². The third-order valence-corrected chi connectivity index (χ3v) is 6.22. The fourth-order valence-corrected chi connectivity index (χ4v) is 4.45. The summed E-state index contributed by atoms with van der Waals surface area (Å²) in [6.45, 7) is 8.00. The van der Waals surface area contributed by atoms with Gasteiger partial charge in [0.05, 0.1) is 5.75 Å². The number of sulfonamides is 1. The van der Waals surface area contributed by atoms with E-state index in [0.29, 0.717) is 12.1 Å². The molecular formula is C24H35FN4O3S. The van der Waals surface area contributed by atoms with Gasteiger partial charge in [0.25, 0.3) is 0 Å². The van der Waals surface area contributed by atoms with Crippen LogP contribution in [-0.2, 0) is 23.1 Å². The predicted octanol–water partition coefficient (Wildman–Crippen LogP) is 4.55. The topological polar surface area (TPSA) is 81.8 Å². The summed E-state index contributed by atoms with van der Waals surface area (Å²) in [7, 11) is 0.328. The van der Waals surface area contributed by atoms with Crippen molar-refractivity contribution in [1.29, 1.82) is 0 Å². The average Bonchev–Trinajstić information content (AvgIpc) is 2.67. The van der Waals surface area contributed by atoms with Crippen molar-refractivity contribution in [3.63, 3.8) is 0 Å². The molecule has 0 radical (unpaired) electrons. The Bertz CT molecular complexity index is 1050. The standard InChI is InChI=1S/C24H35FN4O3S/c1-7-14-33(31,32)27-21-12-13-22(28(5)6)19(15-21)17-29(23(30)26-24(2,3)4)16-18-8-10-20(25)11-9-18/h8-13,15,27H,7,14,16-17H2,1-6H3,(H,26,30). The SMILES string of the molecule is CCCS(=O)(=O)Nc1ccc(N(C)C)c(CN(Cc2ccc(F)cc2)C(=O)NC(C)(C)C)c1. The van der Waals surface area contributed by atoms with Crippen LogP contribution >= 0.6 is 0 Å². The number of benzene rings is 2. The Morgan fingerprint density at radius 1 is 1.03 bits per heavy atom. The number of carbonyl (C=O) groups excluding carboxylic acids is 1. The molecule has 0 fully saturated rings. The summed E-state index contributed by atoms with van der Waals surface area (Å²) >= 11 is 0. The van der Waals surface area contributed by atoms with E-state index in [1.54, 1.807) is 36.1 Å². The minimum absolute atomic E-state index is 0.0302. The Kier molecular flexibility index (Phi) is 8.71. The van der Waals surface area contributed by atoms with E-state index in [4.69, 9.17) is 0 Å². The normalized spacial score (nSPS) is 11.7. The van der Waals surface area contributed by atoms with Gasteiger partial charge in [-0.2, -0.15) is 0 Å². The highest BCUT2D eigenvalue weighted by molar-refractivity contribution is 7.92. The Morgan fingerprint density at radius 2 is 1.67 bits per heavy atom. The van der Waals surface area contributed by atoms with Crippen molar-refractivity contribution in [1.82, 2.24) is 10.2 Å². The Morgan fingerprint density at radius 3 is 2.21 bits per heavy atom. The van der Waals surface area contributed by atoms with Gasteiger partial charge in [0.1, 0.15) is 5.82 Å². The van der Waals surface area contributed by atoms with Gasteiger partial charge in [0.15, 0.2) is 0 Å². The van der Waals surface area contributed by atoms with Crippen LogP contribution < -0.4 is 14.9 Å². The molecule has 2 aromatic rings. The second-order valence-corrected chi connectivity index (χ2v) is 11.2. The van der Waals surface area contributed by atoms with Gasteiger partial charge in [-0.3, -0.25) is 4.72 Å². The molecule has 0 bridgehead atoms. The van der Waals surface area contributed by atoms with E-state index in [1.165, 1.54) is 12.1 Å². The monoisotopic (exact) mass is 478 g/mol. The van der Waals surface area contributed by atoms with E-state index in [1.807, 2.05) is 45.8 Å². The molecule has 0 unspecified atom stereocenters. The maximum Gasteiger partial charge on any atom is 0.318 e. The molecule has 2 aromatic carbocycles. The number of urea groups is 1. The van der Waals surface area contributed by atoms with E-state index in [2.05, 4.69) is 10.0 Å². The summed E-state index contributed by atoms with van der Waals surface area (Å²) < 4.78 is 40.5. The molecule has 182 valence electrons. The molecule has 0 spiro atoms. The van der Waals surface area contributed by atoms with Crippen LogP contribution in [0.25, 0.3) is 0 Å². The van der Waals surface area contributed by atoms with Gasteiger partial charge in [0, 0.05) is 44.1 Å². The lowest BCUT2D eigenvalue weighted by atomic mass is 10.1. The van der Waals surface area contributed by atoms with Crippen LogP contribution in [0.4, 0.5) is 20.6 Å². The molecule has 0 aliphatic carbocycles. The second kappa shape index (κ2) is 10.9. The Labute approximate surface area is 197 Å². The first-order valence-electron chi connectivity index (χ1n) is 10.9. The number of rotatable bonds is 9. The molecule has 9 heteroatoms. The first kappa shape index (κ1) is 26.4. The van der Waals surface area contributed by atoms with Crippen LogP contribution in [-0.4, -0.2) is 44.7 Å². The van der Waals surface area contributed by atoms with Crippen molar-refractivity contribution < 1.29 is 17.6 Å². The molecule has 0 aliphatic heterocycles. The van der Waals surface area contributed by atoms with Crippen LogP contribution in [0.3, 0.4) is 0 Å². The fourth-order valence-electron chi connectivity index (χ4n) is 3.33. The van der Waals surface area contributed by atoms with Crippen LogP contribution in [0.15, 0.2) is 42.5 Å². The highest BCUT2D eigenvalue weighted by Gasteiger charge is 2.22. The lowest BCUT2D eigenvalue weighted by molar-refractivity contribution is 0.183. The molecule has 2 amide bonds. The molecule has 0 aromatic heterocycles. The summed E-state index contributed by atoms with van der Waals surface area (Å²) in [6, 6.07) is 11.1. The first-order chi connectivity index (χ1) is 15.3. The molecule has 7 nitrogen and oxygen atoms in total. The summed E-state index contributed by atoms with van der Waals surface area (Å²) in [6.07, 6.45) is 0.510. The van der Waals surface area contributed by atoms with Crippen molar-refractivity contribution in [2.24, 2.45) is 0 Å². The van der Waals surface area contributed by atoms with Crippen molar-refractivity contribution >= 4 is 27.4 Å². The molecule has 0 heterocycles. The molecule has 0 aliphatic rings. The largest absolute Gasteiger partial charge is 0.377 e. The van der Waals surface area contributed by atoms with Crippen molar-refractivity contribution in [2.75, 3.05) is 29.5 Å². The van der Waals surface area contributed by atoms with Crippen LogP contribution in [0, 0.1) is 5.82 Å². The lowest BCUT2D eigenvalue weighted by Crippen LogP contribution is -2.48. The number of hydrogen-bond donors (Lipinski definition) is 2. The second-order valence-electron chi connectivity index (χ2n) is 9.32. The van der Waals surface area contributed by atoms with Gasteiger partial charge in [-0.1, -0.05) is 19.1 Å². The number of carbonyl (C=O) groups is 1. The summed E-state index contributed by atoms with van der Waals surface area (Å²) in [5.41, 5.74) is 2.43. The van der Waals surface area contributed by atoms with E-state index in [0.717, 1.165) is 16.8 Å². The van der Waals surface area contributed by atoms with E-state index < -0.39 is 15.6 Å². The number of halogens is 1. The van der Waals surface area contributed by atoms with Gasteiger partial charge in [-0.15, -0.1) is 0 Å². The highest BCUT2D eigenvalue weighted by Crippen LogP contribution is 2.26. The summed E-state index contributed by atoms with van der Waals surface area (Å²) in [5.74, 6) is -0.311. The zero-order chi connectivity index (χ0) is 24.8. The molecule has 33 heavy (non-hydrogen) atoms. The van der Waals surface area contributed by atoms with Gasteiger partial charge in [-0.05, 0) is 68.7 Å². The number of hydrogen-bond acceptors (Lipinski definition) is 4. The first-order valence-corrected chi connectivity index (χ1v) is 12.6. The summed E-state index contributed by atoms with van der Waals surface area (Å²) in [4.78, 5) is 16.7. The van der Waals surface area contributed by atoms with Gasteiger partial charge in [0.2, 0.25) is 10.0 Å². The van der Waals surface area contributed by atoms with Crippen LogP contribution in [0.5, 0.6) is 0 Å². The molecular weight excluding hydrogens is 443 g/mol. The van der Waals surface area contributed by atoms with Crippen LogP contribution in [0.1, 0.15) is 45.2 Å². The maximum absolute atomic E-state index is 13.4. The minimum Gasteiger partial charge on any atom is -0.377 e. The number of nitrogens with zero attached hydrogens (tertiary/aromatic N) is 2. The molecule has 2 N–H and O–H groups in total. The smallest absolute Gasteiger partial charge is 0.318 e. The molecule has 0 saturated carbocycles. The zero-order valence-electron chi connectivity index (χ0n) is 20.3. The molecule has 0 atom stereocenters. The third kappa shape index (κ3) is 8.57. The third-order valence-electron chi connectivity index (χ3n) is 4.72. The van der Waals surface area contributed by atoms with Gasteiger partial charge >= 0.3 is 6.03 Å². The van der Waals surface area contributed by atoms with E-state index >= 15 is 0 Å². The predicted molar refractivity (Wildman–Crippen MR) is 132 cm³/mol. The van der Waals surface area contributed by atoms with Crippen molar-refractivity contribution in [3.05, 3.63) is 59.4 Å². The van der Waals surface area contributed by atoms with Crippen molar-refractivity contribution in [2.45, 2.75) is 52.7 Å². The number of amides is 2. The fraction of sp³-hybridized carbons (Fsp3) is 0.458. The number of anilines is 2. The quantitative estimate of drug-likeness (QED) is 0.554. The lowest BCUT2D eigenvalue weighted by Gasteiger charge is -2.30. The summed E-state index contributed by atoms with van der Waals surface area (Å²) in [5, 5.41) is 2.98. The Hall–Kier alpha value is -2.81. The maximum atomic E-state index is 13.4. The van der Waals surface area contributed by atoms with E-state index in [-0.39, 0.29) is 30.7 Å². The molecule has 2 rings (SSSR count). The van der Waals surface area contributed by atoms with Gasteiger partial charge in [-0.25, -0.2) is 17.6 Å². The van der Waals surface area contributed by atoms with Crippen molar-refractivity contribution in [3.8, 4) is 0 Å². The number of nitrogens with one attached hydrogen (secondary N) is 2. The minimum atomic E-state index is -3.45. The Balaban J connectivity index is 2.41. The molecule has 0 saturated heterocycles. The van der Waals surface area contributed by atoms with Crippen LogP contribution in [0.2, 0.25) is 0 Å². The highest BCUT2D eigenvalue weighted by atomic mass is 32.2. The average molecular weight is 479 g/mol. The van der Waals surface area contributed by atoms with Gasteiger partial charge < -0.3 is 15.1 Å².